The highest BCUT2D eigenvalue weighted by Crippen LogP contribution is 2.42. The van der Waals surface area contributed by atoms with E-state index in [1.807, 2.05) is 0 Å². The van der Waals surface area contributed by atoms with E-state index < -0.39 is 34.7 Å². The third kappa shape index (κ3) is 2.33. The van der Waals surface area contributed by atoms with E-state index in [0.717, 1.165) is 16.8 Å². The Morgan fingerprint density at radius 1 is 1.36 bits per heavy atom. The molecule has 8 heteroatoms. The predicted molar refractivity (Wildman–Crippen MR) is 71.6 cm³/mol. The molecule has 2 aromatic heterocycles. The molecule has 1 aliphatic carbocycles. The maximum absolute atomic E-state index is 13.1. The number of fused-ring (bicyclic) bond motifs is 1. The fraction of sp³-hybridized carbons (Fsp3) is 0.429. The van der Waals surface area contributed by atoms with Crippen LogP contribution in [0.5, 0.6) is 5.75 Å². The van der Waals surface area contributed by atoms with Gasteiger partial charge in [-0.05, 0) is 25.8 Å². The van der Waals surface area contributed by atoms with Crippen molar-refractivity contribution in [1.82, 2.24) is 9.55 Å². The maximum atomic E-state index is 13.1. The van der Waals surface area contributed by atoms with Crippen molar-refractivity contribution in [3.63, 3.8) is 0 Å². The molecular weight excluding hydrogens is 301 g/mol. The molecule has 22 heavy (non-hydrogen) atoms. The van der Waals surface area contributed by atoms with Gasteiger partial charge in [-0.25, -0.2) is 4.98 Å². The van der Waals surface area contributed by atoms with E-state index in [4.69, 9.17) is 0 Å². The van der Waals surface area contributed by atoms with E-state index >= 15 is 0 Å². The molecule has 2 heterocycles. The molecule has 3 rings (SSSR count). The number of pyridine rings is 2. The molecular formula is C14H13F3N2O3. The van der Waals surface area contributed by atoms with Crippen LogP contribution in [0.25, 0.3) is 11.0 Å². The topological polar surface area (TPSA) is 75.4 Å². The lowest BCUT2D eigenvalue weighted by molar-refractivity contribution is -0.136. The fourth-order valence-corrected chi connectivity index (χ4v) is 2.94. The average molecular weight is 314 g/mol. The van der Waals surface area contributed by atoms with Crippen LogP contribution in [0.15, 0.2) is 23.1 Å². The maximum Gasteiger partial charge on any atom is 0.417 e. The van der Waals surface area contributed by atoms with Crippen molar-refractivity contribution < 1.29 is 23.4 Å². The van der Waals surface area contributed by atoms with Crippen LogP contribution in [-0.4, -0.2) is 25.4 Å². The summed E-state index contributed by atoms with van der Waals surface area (Å²) in [6.45, 7) is 1.60. The number of alkyl halides is 3. The number of nitrogens with zero attached hydrogens (tertiary/aromatic N) is 2. The van der Waals surface area contributed by atoms with E-state index in [0.29, 0.717) is 6.07 Å². The predicted octanol–water partition coefficient (Wildman–Crippen LogP) is 2.21. The molecule has 1 aliphatic rings. The van der Waals surface area contributed by atoms with Gasteiger partial charge in [0.15, 0.2) is 0 Å². The number of aliphatic hydroxyl groups is 1. The van der Waals surface area contributed by atoms with Crippen molar-refractivity contribution in [2.75, 3.05) is 0 Å². The first-order valence-corrected chi connectivity index (χ1v) is 6.62. The summed E-state index contributed by atoms with van der Waals surface area (Å²) in [6.07, 6.45) is -3.21. The molecule has 0 saturated heterocycles. The highest BCUT2D eigenvalue weighted by molar-refractivity contribution is 5.81. The number of aromatic hydroxyl groups is 1. The highest BCUT2D eigenvalue weighted by Gasteiger charge is 2.42. The van der Waals surface area contributed by atoms with Gasteiger partial charge in [0.1, 0.15) is 11.4 Å². The molecule has 5 nitrogen and oxygen atoms in total. The van der Waals surface area contributed by atoms with Crippen LogP contribution in [0, 0.1) is 0 Å². The SMILES string of the molecule is C[C@]1(O)C[C@@H](n2c(=O)cc(C(F)(F)F)c3cc(O)cnc32)C1. The number of aromatic nitrogens is 2. The first-order valence-electron chi connectivity index (χ1n) is 6.62. The Kier molecular flexibility index (Phi) is 3.00. The van der Waals surface area contributed by atoms with Gasteiger partial charge >= 0.3 is 6.18 Å². The second kappa shape index (κ2) is 4.45. The smallest absolute Gasteiger partial charge is 0.417 e. The fourth-order valence-electron chi connectivity index (χ4n) is 2.94. The van der Waals surface area contributed by atoms with Crippen LogP contribution in [0.1, 0.15) is 31.4 Å². The number of rotatable bonds is 1. The molecule has 0 atom stereocenters. The molecule has 0 bridgehead atoms. The molecule has 1 fully saturated rings. The molecule has 0 radical (unpaired) electrons. The minimum atomic E-state index is -4.73. The van der Waals surface area contributed by atoms with Crippen molar-refractivity contribution >= 4 is 11.0 Å². The largest absolute Gasteiger partial charge is 0.506 e. The molecule has 0 amide bonds. The van der Waals surface area contributed by atoms with E-state index in [2.05, 4.69) is 4.98 Å². The van der Waals surface area contributed by atoms with Gasteiger partial charge in [-0.15, -0.1) is 0 Å². The van der Waals surface area contributed by atoms with Crippen molar-refractivity contribution in [1.29, 1.82) is 0 Å². The van der Waals surface area contributed by atoms with Crippen LogP contribution < -0.4 is 5.56 Å². The van der Waals surface area contributed by atoms with E-state index in [-0.39, 0.29) is 23.9 Å². The molecule has 118 valence electrons. The van der Waals surface area contributed by atoms with Crippen LogP contribution in [0.4, 0.5) is 13.2 Å². The Hall–Kier alpha value is -2.09. The number of hydrogen-bond donors (Lipinski definition) is 2. The normalized spacial score (nSPS) is 25.2. The lowest BCUT2D eigenvalue weighted by atomic mass is 9.77. The molecule has 0 aliphatic heterocycles. The minimum absolute atomic E-state index is 0.141. The van der Waals surface area contributed by atoms with Gasteiger partial charge in [-0.2, -0.15) is 13.2 Å². The Bertz CT molecular complexity index is 803. The summed E-state index contributed by atoms with van der Waals surface area (Å²) in [6, 6.07) is 1.04. The minimum Gasteiger partial charge on any atom is -0.506 e. The molecule has 2 N–H and O–H groups in total. The standard InChI is InChI=1S/C14H13F3N2O3/c1-13(22)4-7(5-13)19-11(21)3-10(14(15,16)17)9-2-8(20)6-18-12(9)19/h2-3,6-7,20,22H,4-5H2,1H3/t7-,13+. The summed E-state index contributed by atoms with van der Waals surface area (Å²) >= 11 is 0. The summed E-state index contributed by atoms with van der Waals surface area (Å²) in [5.74, 6) is -0.413. The molecule has 0 aromatic carbocycles. The van der Waals surface area contributed by atoms with Gasteiger partial charge in [0.2, 0.25) is 0 Å². The van der Waals surface area contributed by atoms with Gasteiger partial charge in [0, 0.05) is 17.5 Å². The van der Waals surface area contributed by atoms with Crippen LogP contribution >= 0.6 is 0 Å². The zero-order valence-electron chi connectivity index (χ0n) is 11.6. The summed E-state index contributed by atoms with van der Waals surface area (Å²) < 4.78 is 40.4. The van der Waals surface area contributed by atoms with Crippen LogP contribution in [0.2, 0.25) is 0 Å². The zero-order valence-corrected chi connectivity index (χ0v) is 11.6. The van der Waals surface area contributed by atoms with E-state index in [9.17, 15) is 28.2 Å². The molecule has 0 spiro atoms. The zero-order chi connectivity index (χ0) is 16.3. The Labute approximate surface area is 122 Å². The first kappa shape index (κ1) is 14.8. The second-order valence-electron chi connectivity index (χ2n) is 5.89. The summed E-state index contributed by atoms with van der Waals surface area (Å²) in [7, 11) is 0. The monoisotopic (exact) mass is 314 g/mol. The second-order valence-corrected chi connectivity index (χ2v) is 5.89. The average Bonchev–Trinajstić information content (AvgIpc) is 2.34. The van der Waals surface area contributed by atoms with Gasteiger partial charge < -0.3 is 10.2 Å². The number of hydrogen-bond acceptors (Lipinski definition) is 4. The lowest BCUT2D eigenvalue weighted by Gasteiger charge is -2.42. The van der Waals surface area contributed by atoms with E-state index in [1.54, 1.807) is 6.92 Å². The van der Waals surface area contributed by atoms with Crippen LogP contribution in [0.3, 0.4) is 0 Å². The first-order chi connectivity index (χ1) is 10.1. The number of halogens is 3. The van der Waals surface area contributed by atoms with Gasteiger partial charge in [0.25, 0.3) is 5.56 Å². The lowest BCUT2D eigenvalue weighted by Crippen LogP contribution is -2.45. The Balaban J connectivity index is 2.27. The van der Waals surface area contributed by atoms with Gasteiger partial charge in [0.05, 0.1) is 17.4 Å². The molecule has 2 aromatic rings. The Morgan fingerprint density at radius 2 is 2.00 bits per heavy atom. The highest BCUT2D eigenvalue weighted by atomic mass is 19.4. The summed E-state index contributed by atoms with van der Waals surface area (Å²) in [5, 5.41) is 18.9. The Morgan fingerprint density at radius 3 is 2.55 bits per heavy atom. The quantitative estimate of drug-likeness (QED) is 0.846. The third-order valence-electron chi connectivity index (χ3n) is 3.90. The molecule has 0 unspecified atom stereocenters. The molecule has 1 saturated carbocycles. The van der Waals surface area contributed by atoms with Crippen molar-refractivity contribution in [2.45, 2.75) is 37.6 Å². The van der Waals surface area contributed by atoms with Gasteiger partial charge in [-0.3, -0.25) is 9.36 Å². The van der Waals surface area contributed by atoms with Crippen molar-refractivity contribution in [3.05, 3.63) is 34.2 Å². The summed E-state index contributed by atoms with van der Waals surface area (Å²) in [5.41, 5.74) is -3.02. The van der Waals surface area contributed by atoms with Gasteiger partial charge in [-0.1, -0.05) is 0 Å². The third-order valence-corrected chi connectivity index (χ3v) is 3.90. The van der Waals surface area contributed by atoms with E-state index in [1.165, 1.54) is 0 Å². The van der Waals surface area contributed by atoms with Crippen molar-refractivity contribution in [2.24, 2.45) is 0 Å². The van der Waals surface area contributed by atoms with Crippen molar-refractivity contribution in [3.8, 4) is 5.75 Å². The van der Waals surface area contributed by atoms with Crippen LogP contribution in [-0.2, 0) is 6.18 Å². The summed E-state index contributed by atoms with van der Waals surface area (Å²) in [4.78, 5) is 15.9.